The smallest absolute Gasteiger partial charge is 0.291 e. The van der Waals surface area contributed by atoms with Crippen molar-refractivity contribution in [3.63, 3.8) is 0 Å². The predicted molar refractivity (Wildman–Crippen MR) is 123 cm³/mol. The van der Waals surface area contributed by atoms with Gasteiger partial charge in [0, 0.05) is 18.1 Å². The van der Waals surface area contributed by atoms with Crippen LogP contribution in [0.3, 0.4) is 0 Å². The highest BCUT2D eigenvalue weighted by atomic mass is 16.5. The van der Waals surface area contributed by atoms with Crippen LogP contribution in [-0.2, 0) is 13.2 Å². The second kappa shape index (κ2) is 8.81. The highest BCUT2D eigenvalue weighted by Gasteiger charge is 2.12. The minimum Gasteiger partial charge on any atom is -0.486 e. The van der Waals surface area contributed by atoms with Gasteiger partial charge in [0.1, 0.15) is 18.1 Å². The van der Waals surface area contributed by atoms with Crippen molar-refractivity contribution in [3.05, 3.63) is 114 Å². The predicted octanol–water partition coefficient (Wildman–Crippen LogP) is 5.51. The van der Waals surface area contributed by atoms with E-state index in [-0.39, 0.29) is 18.3 Å². The van der Waals surface area contributed by atoms with Crippen molar-refractivity contribution in [1.29, 1.82) is 0 Å². The van der Waals surface area contributed by atoms with Gasteiger partial charge in [-0.05, 0) is 58.8 Å². The fourth-order valence-electron chi connectivity index (χ4n) is 3.51. The lowest BCUT2D eigenvalue weighted by Gasteiger charge is -2.07. The fraction of sp³-hybridized carbons (Fsp3) is 0.0769. The average Bonchev–Trinajstić information content (AvgIpc) is 3.50. The summed E-state index contributed by atoms with van der Waals surface area (Å²) in [5.41, 5.74) is 1.74. The van der Waals surface area contributed by atoms with Gasteiger partial charge in [0.05, 0.1) is 6.54 Å². The molecule has 0 radical (unpaired) electrons. The second-order valence-corrected chi connectivity index (χ2v) is 7.42. The molecule has 3 aromatic carbocycles. The van der Waals surface area contributed by atoms with E-state index in [4.69, 9.17) is 9.15 Å². The number of hydrogen-bond acceptors (Lipinski definition) is 4. The van der Waals surface area contributed by atoms with Crippen LogP contribution < -0.4 is 10.1 Å². The zero-order chi connectivity index (χ0) is 21.8. The van der Waals surface area contributed by atoms with Crippen LogP contribution in [0.25, 0.3) is 10.8 Å². The van der Waals surface area contributed by atoms with Gasteiger partial charge >= 0.3 is 0 Å². The van der Waals surface area contributed by atoms with Gasteiger partial charge < -0.3 is 14.5 Å². The Bertz CT molecular complexity index is 1360. The zero-order valence-corrected chi connectivity index (χ0v) is 17.3. The van der Waals surface area contributed by atoms with Crippen LogP contribution in [0, 0.1) is 0 Å². The van der Waals surface area contributed by atoms with Gasteiger partial charge in [0.2, 0.25) is 0 Å². The van der Waals surface area contributed by atoms with E-state index in [9.17, 15) is 4.79 Å². The van der Waals surface area contributed by atoms with Crippen molar-refractivity contribution >= 4 is 22.4 Å². The summed E-state index contributed by atoms with van der Waals surface area (Å²) in [4.78, 5) is 12.6. The lowest BCUT2D eigenvalue weighted by Crippen LogP contribution is -2.11. The van der Waals surface area contributed by atoms with Crippen LogP contribution in [0.15, 0.2) is 102 Å². The molecule has 6 nitrogen and oxygen atoms in total. The van der Waals surface area contributed by atoms with Gasteiger partial charge in [0.15, 0.2) is 5.76 Å². The summed E-state index contributed by atoms with van der Waals surface area (Å²) in [5.74, 6) is 1.26. The fourth-order valence-corrected chi connectivity index (χ4v) is 3.51. The first kappa shape index (κ1) is 19.6. The molecular formula is C26H21N3O3. The van der Waals surface area contributed by atoms with Gasteiger partial charge in [-0.25, -0.2) is 0 Å². The monoisotopic (exact) mass is 423 g/mol. The molecule has 2 aromatic heterocycles. The number of carbonyl (C=O) groups is 1. The molecule has 0 aliphatic rings. The Morgan fingerprint density at radius 1 is 0.938 bits per heavy atom. The van der Waals surface area contributed by atoms with Crippen LogP contribution in [0.1, 0.15) is 21.9 Å². The number of amides is 1. The Hall–Kier alpha value is -4.32. The molecular weight excluding hydrogens is 402 g/mol. The Morgan fingerprint density at radius 3 is 2.72 bits per heavy atom. The van der Waals surface area contributed by atoms with Crippen LogP contribution in [0.5, 0.6) is 5.75 Å². The van der Waals surface area contributed by atoms with E-state index in [2.05, 4.69) is 16.5 Å². The molecule has 32 heavy (non-hydrogen) atoms. The van der Waals surface area contributed by atoms with E-state index in [1.165, 1.54) is 0 Å². The van der Waals surface area contributed by atoms with Crippen molar-refractivity contribution in [2.24, 2.45) is 0 Å². The molecule has 2 heterocycles. The lowest BCUT2D eigenvalue weighted by atomic mass is 10.1. The number of benzene rings is 3. The third-order valence-electron chi connectivity index (χ3n) is 5.08. The quantitative estimate of drug-likeness (QED) is 0.375. The Balaban J connectivity index is 1.21. The molecule has 0 atom stereocenters. The largest absolute Gasteiger partial charge is 0.486 e. The highest BCUT2D eigenvalue weighted by Crippen LogP contribution is 2.22. The van der Waals surface area contributed by atoms with Crippen LogP contribution in [0.2, 0.25) is 0 Å². The summed E-state index contributed by atoms with van der Waals surface area (Å²) < 4.78 is 13.4. The number of ether oxygens (including phenoxy) is 1. The number of furan rings is 1. The number of carbonyl (C=O) groups excluding carboxylic acids is 1. The van der Waals surface area contributed by atoms with Gasteiger partial charge in [-0.15, -0.1) is 0 Å². The molecule has 1 N–H and O–H groups in total. The van der Waals surface area contributed by atoms with Crippen molar-refractivity contribution in [3.8, 4) is 5.75 Å². The summed E-state index contributed by atoms with van der Waals surface area (Å²) in [7, 11) is 0. The summed E-state index contributed by atoms with van der Waals surface area (Å²) in [6, 6.07) is 27.0. The molecule has 0 unspecified atom stereocenters. The summed E-state index contributed by atoms with van der Waals surface area (Å²) in [6.07, 6.45) is 3.64. The summed E-state index contributed by atoms with van der Waals surface area (Å²) in [5, 5.41) is 9.36. The first-order chi connectivity index (χ1) is 15.7. The third kappa shape index (κ3) is 4.54. The normalized spacial score (nSPS) is 10.9. The van der Waals surface area contributed by atoms with Gasteiger partial charge in [0.25, 0.3) is 5.91 Å². The Labute approximate surface area is 185 Å². The number of fused-ring (bicyclic) bond motifs is 1. The lowest BCUT2D eigenvalue weighted by molar-refractivity contribution is 0.0992. The number of hydrogen-bond donors (Lipinski definition) is 1. The van der Waals surface area contributed by atoms with E-state index in [0.29, 0.717) is 18.0 Å². The summed E-state index contributed by atoms with van der Waals surface area (Å²) >= 11 is 0. The molecule has 6 heteroatoms. The van der Waals surface area contributed by atoms with Crippen molar-refractivity contribution in [2.45, 2.75) is 13.2 Å². The van der Waals surface area contributed by atoms with Crippen molar-refractivity contribution in [1.82, 2.24) is 9.78 Å². The maximum absolute atomic E-state index is 12.6. The molecule has 5 aromatic rings. The molecule has 0 fully saturated rings. The molecule has 1 amide bonds. The van der Waals surface area contributed by atoms with Crippen molar-refractivity contribution in [2.75, 3.05) is 5.32 Å². The molecule has 0 spiro atoms. The van der Waals surface area contributed by atoms with E-state index < -0.39 is 0 Å². The SMILES string of the molecule is O=C(Nc1cccc(Cn2cccn2)c1)c1ccc(COc2ccc3ccccc3c2)o1. The molecule has 0 bridgehead atoms. The number of nitrogens with zero attached hydrogens (tertiary/aromatic N) is 2. The molecule has 158 valence electrons. The number of anilines is 1. The summed E-state index contributed by atoms with van der Waals surface area (Å²) in [6.45, 7) is 0.874. The van der Waals surface area contributed by atoms with Crippen LogP contribution >= 0.6 is 0 Å². The van der Waals surface area contributed by atoms with Gasteiger partial charge in [-0.2, -0.15) is 5.10 Å². The third-order valence-corrected chi connectivity index (χ3v) is 5.08. The molecule has 0 saturated carbocycles. The zero-order valence-electron chi connectivity index (χ0n) is 17.3. The first-order valence-corrected chi connectivity index (χ1v) is 10.3. The highest BCUT2D eigenvalue weighted by molar-refractivity contribution is 6.02. The number of nitrogens with one attached hydrogen (secondary N) is 1. The Morgan fingerprint density at radius 2 is 1.84 bits per heavy atom. The second-order valence-electron chi connectivity index (χ2n) is 7.42. The van der Waals surface area contributed by atoms with E-state index in [1.54, 1.807) is 18.3 Å². The van der Waals surface area contributed by atoms with E-state index in [0.717, 1.165) is 22.1 Å². The van der Waals surface area contributed by atoms with E-state index in [1.807, 2.05) is 77.6 Å². The van der Waals surface area contributed by atoms with Gasteiger partial charge in [-0.3, -0.25) is 9.48 Å². The minimum atomic E-state index is -0.307. The minimum absolute atomic E-state index is 0.236. The van der Waals surface area contributed by atoms with E-state index >= 15 is 0 Å². The van der Waals surface area contributed by atoms with Gasteiger partial charge in [-0.1, -0.05) is 42.5 Å². The maximum atomic E-state index is 12.6. The number of aromatic nitrogens is 2. The molecule has 0 aliphatic carbocycles. The topological polar surface area (TPSA) is 69.3 Å². The standard InChI is InChI=1S/C26H21N3O3/c30-26(28-22-8-3-5-19(15-22)17-29-14-4-13-27-29)25-12-11-24(32-25)18-31-23-10-9-20-6-1-2-7-21(20)16-23/h1-16H,17-18H2,(H,28,30). The van der Waals surface area contributed by atoms with Crippen LogP contribution in [-0.4, -0.2) is 15.7 Å². The molecule has 0 saturated heterocycles. The molecule has 0 aliphatic heterocycles. The van der Waals surface area contributed by atoms with Crippen molar-refractivity contribution < 1.29 is 13.9 Å². The average molecular weight is 423 g/mol. The maximum Gasteiger partial charge on any atom is 0.291 e. The number of rotatable bonds is 7. The Kier molecular flexibility index (Phi) is 5.41. The molecule has 5 rings (SSSR count). The first-order valence-electron chi connectivity index (χ1n) is 10.3. The van der Waals surface area contributed by atoms with Crippen LogP contribution in [0.4, 0.5) is 5.69 Å².